The Hall–Kier alpha value is -4.66. The fourth-order valence-corrected chi connectivity index (χ4v) is 2.85. The standard InChI is InChI=1S/C23H19N7O2/c1-16-5-8-21(26-14-16)29-22(31)18-7-6-17(30-12-4-2-3-9-27-30)13-19(18)28-23(32)20-15-24-10-11-25-20/h2-15H,1H3,(H,28,32)(H,26,29,31). The van der Waals surface area contributed by atoms with Crippen LogP contribution in [0.25, 0.3) is 0 Å². The number of aromatic nitrogens is 3. The number of anilines is 3. The number of nitrogens with zero attached hydrogens (tertiary/aromatic N) is 5. The molecule has 32 heavy (non-hydrogen) atoms. The van der Waals surface area contributed by atoms with Crippen LogP contribution in [0.2, 0.25) is 0 Å². The summed E-state index contributed by atoms with van der Waals surface area (Å²) in [5.41, 5.74) is 2.31. The molecule has 9 nitrogen and oxygen atoms in total. The molecule has 0 saturated heterocycles. The Kier molecular flexibility index (Phi) is 6.08. The van der Waals surface area contributed by atoms with Crippen LogP contribution in [0.5, 0.6) is 0 Å². The zero-order valence-corrected chi connectivity index (χ0v) is 17.1. The largest absolute Gasteiger partial charge is 0.320 e. The van der Waals surface area contributed by atoms with Crippen molar-refractivity contribution in [1.29, 1.82) is 0 Å². The molecule has 1 aliphatic heterocycles. The number of hydrogen-bond acceptors (Lipinski definition) is 7. The third kappa shape index (κ3) is 4.90. The molecule has 0 aliphatic carbocycles. The Morgan fingerprint density at radius 1 is 0.906 bits per heavy atom. The van der Waals surface area contributed by atoms with Crippen molar-refractivity contribution >= 4 is 35.2 Å². The lowest BCUT2D eigenvalue weighted by atomic mass is 10.1. The predicted molar refractivity (Wildman–Crippen MR) is 123 cm³/mol. The summed E-state index contributed by atoms with van der Waals surface area (Å²) in [4.78, 5) is 37.8. The van der Waals surface area contributed by atoms with Gasteiger partial charge in [0.25, 0.3) is 11.8 Å². The molecular weight excluding hydrogens is 406 g/mol. The van der Waals surface area contributed by atoms with E-state index in [1.165, 1.54) is 18.6 Å². The molecule has 3 aromatic rings. The first-order valence-electron chi connectivity index (χ1n) is 9.72. The van der Waals surface area contributed by atoms with Crippen molar-refractivity contribution in [3.05, 3.63) is 96.4 Å². The summed E-state index contributed by atoms with van der Waals surface area (Å²) >= 11 is 0. The van der Waals surface area contributed by atoms with Gasteiger partial charge in [-0.15, -0.1) is 0 Å². The lowest BCUT2D eigenvalue weighted by Gasteiger charge is -2.17. The highest BCUT2D eigenvalue weighted by Crippen LogP contribution is 2.26. The number of nitrogens with one attached hydrogen (secondary N) is 2. The lowest BCUT2D eigenvalue weighted by molar-refractivity contribution is 0.102. The fourth-order valence-electron chi connectivity index (χ4n) is 2.85. The smallest absolute Gasteiger partial charge is 0.275 e. The molecule has 9 heteroatoms. The van der Waals surface area contributed by atoms with E-state index in [1.54, 1.807) is 54.0 Å². The lowest BCUT2D eigenvalue weighted by Crippen LogP contribution is -2.20. The molecule has 0 bridgehead atoms. The van der Waals surface area contributed by atoms with Gasteiger partial charge in [0.1, 0.15) is 11.5 Å². The van der Waals surface area contributed by atoms with E-state index in [9.17, 15) is 9.59 Å². The zero-order chi connectivity index (χ0) is 22.3. The van der Waals surface area contributed by atoms with Crippen LogP contribution in [0.1, 0.15) is 26.4 Å². The Balaban J connectivity index is 1.66. The van der Waals surface area contributed by atoms with Crippen LogP contribution < -0.4 is 15.6 Å². The number of amides is 2. The maximum absolute atomic E-state index is 13.0. The van der Waals surface area contributed by atoms with Gasteiger partial charge in [0.2, 0.25) is 0 Å². The van der Waals surface area contributed by atoms with Gasteiger partial charge in [0.15, 0.2) is 0 Å². The molecule has 2 aromatic heterocycles. The number of carbonyl (C=O) groups excluding carboxylic acids is 2. The molecule has 3 heterocycles. The summed E-state index contributed by atoms with van der Waals surface area (Å²) in [7, 11) is 0. The average molecular weight is 425 g/mol. The minimum Gasteiger partial charge on any atom is -0.320 e. The maximum atomic E-state index is 13.0. The Labute approximate surface area is 184 Å². The SMILES string of the molecule is Cc1ccc(NC(=O)c2ccc(N3C=CC=CC=N3)cc2NC(=O)c2cnccn2)nc1. The van der Waals surface area contributed by atoms with Crippen LogP contribution in [-0.2, 0) is 0 Å². The van der Waals surface area contributed by atoms with Crippen LogP contribution in [0.15, 0.2) is 84.6 Å². The molecule has 1 aromatic carbocycles. The van der Waals surface area contributed by atoms with E-state index in [-0.39, 0.29) is 11.3 Å². The molecule has 0 fully saturated rings. The van der Waals surface area contributed by atoms with Crippen molar-refractivity contribution in [3.8, 4) is 0 Å². The molecule has 0 atom stereocenters. The molecule has 2 amide bonds. The van der Waals surface area contributed by atoms with E-state index in [0.717, 1.165) is 5.56 Å². The van der Waals surface area contributed by atoms with Gasteiger partial charge >= 0.3 is 0 Å². The molecule has 0 unspecified atom stereocenters. The number of allylic oxidation sites excluding steroid dienone is 3. The Morgan fingerprint density at radius 2 is 1.81 bits per heavy atom. The van der Waals surface area contributed by atoms with Crippen molar-refractivity contribution in [2.45, 2.75) is 6.92 Å². The topological polar surface area (TPSA) is 112 Å². The number of hydrogen-bond donors (Lipinski definition) is 2. The summed E-state index contributed by atoms with van der Waals surface area (Å²) in [6.07, 6.45) is 14.8. The Morgan fingerprint density at radius 3 is 2.59 bits per heavy atom. The first-order valence-corrected chi connectivity index (χ1v) is 9.72. The molecule has 0 saturated carbocycles. The van der Waals surface area contributed by atoms with Crippen molar-refractivity contribution < 1.29 is 9.59 Å². The van der Waals surface area contributed by atoms with E-state index in [1.807, 2.05) is 25.1 Å². The van der Waals surface area contributed by atoms with Gasteiger partial charge in [0.05, 0.1) is 23.1 Å². The van der Waals surface area contributed by atoms with Gasteiger partial charge in [-0.2, -0.15) is 5.10 Å². The van der Waals surface area contributed by atoms with E-state index in [0.29, 0.717) is 17.2 Å². The third-order valence-electron chi connectivity index (χ3n) is 4.44. The van der Waals surface area contributed by atoms with Crippen molar-refractivity contribution in [2.24, 2.45) is 5.10 Å². The molecule has 4 rings (SSSR count). The summed E-state index contributed by atoms with van der Waals surface area (Å²) in [6.45, 7) is 1.91. The fraction of sp³-hybridized carbons (Fsp3) is 0.0435. The van der Waals surface area contributed by atoms with Gasteiger partial charge in [-0.25, -0.2) is 15.0 Å². The van der Waals surface area contributed by atoms with Gasteiger partial charge in [-0.1, -0.05) is 12.1 Å². The highest BCUT2D eigenvalue weighted by Gasteiger charge is 2.18. The van der Waals surface area contributed by atoms with E-state index < -0.39 is 11.8 Å². The normalized spacial score (nSPS) is 12.3. The van der Waals surface area contributed by atoms with Crippen molar-refractivity contribution in [2.75, 3.05) is 15.6 Å². The van der Waals surface area contributed by atoms with Gasteiger partial charge < -0.3 is 10.6 Å². The van der Waals surface area contributed by atoms with Crippen LogP contribution >= 0.6 is 0 Å². The number of benzene rings is 1. The summed E-state index contributed by atoms with van der Waals surface area (Å²) in [5.74, 6) is -0.504. The second-order valence-electron chi connectivity index (χ2n) is 6.79. The van der Waals surface area contributed by atoms with E-state index >= 15 is 0 Å². The van der Waals surface area contributed by atoms with E-state index in [2.05, 4.69) is 30.7 Å². The molecule has 0 radical (unpaired) electrons. The summed E-state index contributed by atoms with van der Waals surface area (Å²) < 4.78 is 0. The zero-order valence-electron chi connectivity index (χ0n) is 17.1. The highest BCUT2D eigenvalue weighted by molar-refractivity contribution is 6.12. The monoisotopic (exact) mass is 425 g/mol. The first-order chi connectivity index (χ1) is 15.6. The maximum Gasteiger partial charge on any atom is 0.275 e. The second kappa shape index (κ2) is 9.43. The van der Waals surface area contributed by atoms with Crippen molar-refractivity contribution in [3.63, 3.8) is 0 Å². The summed E-state index contributed by atoms with van der Waals surface area (Å²) in [6, 6.07) is 8.58. The van der Waals surface area contributed by atoms with Crippen LogP contribution in [0.4, 0.5) is 17.2 Å². The van der Waals surface area contributed by atoms with Gasteiger partial charge in [-0.05, 0) is 48.9 Å². The second-order valence-corrected chi connectivity index (χ2v) is 6.79. The minimum atomic E-state index is -0.491. The van der Waals surface area contributed by atoms with E-state index in [4.69, 9.17) is 0 Å². The number of pyridine rings is 1. The third-order valence-corrected chi connectivity index (χ3v) is 4.44. The van der Waals surface area contributed by atoms with Crippen molar-refractivity contribution in [1.82, 2.24) is 15.0 Å². The predicted octanol–water partition coefficient (Wildman–Crippen LogP) is 3.56. The van der Waals surface area contributed by atoms with Crippen LogP contribution in [0, 0.1) is 6.92 Å². The van der Waals surface area contributed by atoms with Crippen LogP contribution in [0.3, 0.4) is 0 Å². The quantitative estimate of drug-likeness (QED) is 0.646. The molecule has 2 N–H and O–H groups in total. The van der Waals surface area contributed by atoms with Gasteiger partial charge in [-0.3, -0.25) is 14.6 Å². The number of hydrazone groups is 1. The molecule has 0 spiro atoms. The number of aryl methyl sites for hydroxylation is 1. The average Bonchev–Trinajstić information content (AvgIpc) is 3.11. The summed E-state index contributed by atoms with van der Waals surface area (Å²) in [5, 5.41) is 11.4. The first kappa shape index (κ1) is 20.6. The molecule has 1 aliphatic rings. The number of rotatable bonds is 5. The Bertz CT molecular complexity index is 1200. The minimum absolute atomic E-state index is 0.126. The van der Waals surface area contributed by atoms with Crippen LogP contribution in [-0.4, -0.2) is 33.0 Å². The van der Waals surface area contributed by atoms with Gasteiger partial charge in [0, 0.05) is 31.0 Å². The molecule has 158 valence electrons. The number of carbonyl (C=O) groups is 2. The molecular formula is C23H19N7O2. The highest BCUT2D eigenvalue weighted by atomic mass is 16.2.